The number of aromatic nitrogens is 2. The van der Waals surface area contributed by atoms with Gasteiger partial charge in [0.25, 0.3) is 6.47 Å². The van der Waals surface area contributed by atoms with Crippen molar-refractivity contribution in [2.24, 2.45) is 11.3 Å². The van der Waals surface area contributed by atoms with Crippen molar-refractivity contribution in [3.63, 3.8) is 0 Å². The fraction of sp³-hybridized carbons (Fsp3) is 0.600. The van der Waals surface area contributed by atoms with E-state index in [1.807, 2.05) is 17.9 Å². The lowest BCUT2D eigenvalue weighted by Crippen LogP contribution is -2.46. The van der Waals surface area contributed by atoms with Crippen LogP contribution in [0.15, 0.2) is 12.3 Å². The van der Waals surface area contributed by atoms with Gasteiger partial charge in [-0.3, -0.25) is 9.59 Å². The molecular formula is C15H22N4O5. The Bertz CT molecular complexity index is 585. The number of nitrogens with one attached hydrogen (secondary N) is 1. The zero-order valence-corrected chi connectivity index (χ0v) is 13.5. The molecule has 0 bridgehead atoms. The Hall–Kier alpha value is -2.42. The van der Waals surface area contributed by atoms with Crippen LogP contribution >= 0.6 is 0 Å². The summed E-state index contributed by atoms with van der Waals surface area (Å²) >= 11 is 0. The molecule has 2 atom stereocenters. The summed E-state index contributed by atoms with van der Waals surface area (Å²) in [6, 6.07) is 1.81. The first-order valence-corrected chi connectivity index (χ1v) is 7.78. The van der Waals surface area contributed by atoms with Gasteiger partial charge in [-0.25, -0.2) is 4.98 Å². The van der Waals surface area contributed by atoms with Gasteiger partial charge in [0.05, 0.1) is 6.61 Å². The fourth-order valence-corrected chi connectivity index (χ4v) is 3.22. The van der Waals surface area contributed by atoms with Gasteiger partial charge in [-0.2, -0.15) is 4.98 Å². The minimum atomic E-state index is -0.824. The molecule has 132 valence electrons. The first-order valence-electron chi connectivity index (χ1n) is 7.78. The maximum Gasteiger partial charge on any atom is 0.314 e. The third-order valence-electron chi connectivity index (χ3n) is 4.38. The van der Waals surface area contributed by atoms with E-state index in [2.05, 4.69) is 15.3 Å². The highest BCUT2D eigenvalue weighted by Crippen LogP contribution is 2.42. The van der Waals surface area contributed by atoms with Crippen LogP contribution in [0.3, 0.4) is 0 Å². The first kappa shape index (κ1) is 17.9. The molecule has 9 nitrogen and oxygen atoms in total. The largest absolute Gasteiger partial charge is 0.483 e. The Balaban J connectivity index is 0.000000647. The van der Waals surface area contributed by atoms with Crippen LogP contribution in [0.25, 0.3) is 0 Å². The van der Waals surface area contributed by atoms with E-state index in [1.54, 1.807) is 6.20 Å². The van der Waals surface area contributed by atoms with E-state index in [0.29, 0.717) is 25.6 Å². The van der Waals surface area contributed by atoms with Gasteiger partial charge in [0.1, 0.15) is 11.2 Å². The van der Waals surface area contributed by atoms with Crippen molar-refractivity contribution in [1.29, 1.82) is 0 Å². The van der Waals surface area contributed by atoms with Gasteiger partial charge in [-0.1, -0.05) is 0 Å². The molecule has 0 saturated carbocycles. The summed E-state index contributed by atoms with van der Waals surface area (Å²) in [7, 11) is 0. The Labute approximate surface area is 139 Å². The van der Waals surface area contributed by atoms with E-state index >= 15 is 0 Å². The second kappa shape index (κ2) is 7.91. The van der Waals surface area contributed by atoms with E-state index in [1.165, 1.54) is 0 Å². The van der Waals surface area contributed by atoms with E-state index < -0.39 is 11.4 Å². The van der Waals surface area contributed by atoms with Crippen LogP contribution in [-0.4, -0.2) is 65.5 Å². The quantitative estimate of drug-likeness (QED) is 0.674. The highest BCUT2D eigenvalue weighted by molar-refractivity contribution is 5.77. The predicted molar refractivity (Wildman–Crippen MR) is 86.1 cm³/mol. The van der Waals surface area contributed by atoms with E-state index in [-0.39, 0.29) is 19.0 Å². The maximum absolute atomic E-state index is 11.7. The molecule has 0 aromatic carbocycles. The van der Waals surface area contributed by atoms with Gasteiger partial charge in [-0.05, 0) is 25.3 Å². The fourth-order valence-electron chi connectivity index (χ4n) is 3.22. The molecule has 3 N–H and O–H groups in total. The van der Waals surface area contributed by atoms with Gasteiger partial charge in [0.2, 0.25) is 5.95 Å². The lowest BCUT2D eigenvalue weighted by atomic mass is 9.76. The molecule has 0 aliphatic carbocycles. The number of rotatable bonds is 4. The molecule has 2 aliphatic rings. The van der Waals surface area contributed by atoms with Crippen molar-refractivity contribution in [3.8, 4) is 0 Å². The second-order valence-corrected chi connectivity index (χ2v) is 5.76. The molecule has 0 unspecified atom stereocenters. The van der Waals surface area contributed by atoms with Crippen molar-refractivity contribution in [2.75, 3.05) is 43.1 Å². The monoisotopic (exact) mass is 338 g/mol. The molecule has 2 saturated heterocycles. The van der Waals surface area contributed by atoms with Crippen LogP contribution in [0, 0.1) is 11.3 Å². The standard InChI is InChI=1S/C14H20N4O3.CH2O2/c1-2-15-11-3-5-16-13(17-11)18-7-10-4-6-21-9-14(10,8-18)12(19)20;2-1-3/h3,5,10H,2,4,6-9H2,1H3,(H,19,20)(H,15,16,17);1H,(H,2,3)/t10-,14+;/m0./s1. The summed E-state index contributed by atoms with van der Waals surface area (Å²) in [5, 5.41) is 19.7. The number of nitrogens with zero attached hydrogens (tertiary/aromatic N) is 3. The molecule has 9 heteroatoms. The molecule has 3 heterocycles. The lowest BCUT2D eigenvalue weighted by molar-refractivity contribution is -0.159. The van der Waals surface area contributed by atoms with Gasteiger partial charge in [0, 0.05) is 32.4 Å². The van der Waals surface area contributed by atoms with Crippen molar-refractivity contribution in [2.45, 2.75) is 13.3 Å². The number of aliphatic carboxylic acids is 1. The Morgan fingerprint density at radius 2 is 2.38 bits per heavy atom. The lowest BCUT2D eigenvalue weighted by Gasteiger charge is -2.33. The van der Waals surface area contributed by atoms with Crippen LogP contribution in [0.1, 0.15) is 13.3 Å². The summed E-state index contributed by atoms with van der Waals surface area (Å²) in [5.41, 5.74) is -0.824. The summed E-state index contributed by atoms with van der Waals surface area (Å²) in [6.07, 6.45) is 2.47. The smallest absolute Gasteiger partial charge is 0.314 e. The van der Waals surface area contributed by atoms with E-state index in [4.69, 9.17) is 14.6 Å². The molecule has 0 amide bonds. The molecule has 2 fully saturated rings. The van der Waals surface area contributed by atoms with Crippen LogP contribution < -0.4 is 10.2 Å². The average Bonchev–Trinajstić information content (AvgIpc) is 2.97. The maximum atomic E-state index is 11.7. The Morgan fingerprint density at radius 1 is 1.62 bits per heavy atom. The second-order valence-electron chi connectivity index (χ2n) is 5.76. The highest BCUT2D eigenvalue weighted by atomic mass is 16.5. The summed E-state index contributed by atoms with van der Waals surface area (Å²) in [4.78, 5) is 30.8. The number of hydrogen-bond donors (Lipinski definition) is 3. The van der Waals surface area contributed by atoms with Crippen LogP contribution in [0.5, 0.6) is 0 Å². The molecule has 24 heavy (non-hydrogen) atoms. The van der Waals surface area contributed by atoms with E-state index in [9.17, 15) is 9.90 Å². The molecule has 1 aromatic heterocycles. The molecule has 0 radical (unpaired) electrons. The molecule has 0 spiro atoms. The van der Waals surface area contributed by atoms with Gasteiger partial charge >= 0.3 is 5.97 Å². The predicted octanol–water partition coefficient (Wildman–Crippen LogP) is 0.537. The SMILES string of the molecule is CCNc1ccnc(N2C[C@@H]3CCOC[C@]3(C(=O)O)C2)n1.O=CO. The number of carbonyl (C=O) groups is 2. The minimum absolute atomic E-state index is 0.0927. The summed E-state index contributed by atoms with van der Waals surface area (Å²) in [6.45, 7) is 4.52. The van der Waals surface area contributed by atoms with Crippen molar-refractivity contribution in [1.82, 2.24) is 9.97 Å². The van der Waals surface area contributed by atoms with Crippen molar-refractivity contribution in [3.05, 3.63) is 12.3 Å². The van der Waals surface area contributed by atoms with Crippen LogP contribution in [0.2, 0.25) is 0 Å². The van der Waals surface area contributed by atoms with Crippen LogP contribution in [0.4, 0.5) is 11.8 Å². The van der Waals surface area contributed by atoms with Gasteiger partial charge in [-0.15, -0.1) is 0 Å². The van der Waals surface area contributed by atoms with Crippen molar-refractivity contribution >= 4 is 24.2 Å². The zero-order chi connectivity index (χ0) is 17.6. The number of carboxylic acid groups (broad SMARTS) is 2. The Morgan fingerprint density at radius 3 is 3.00 bits per heavy atom. The highest BCUT2D eigenvalue weighted by Gasteiger charge is 2.54. The van der Waals surface area contributed by atoms with E-state index in [0.717, 1.165) is 18.8 Å². The summed E-state index contributed by atoms with van der Waals surface area (Å²) < 4.78 is 5.43. The normalized spacial score (nSPS) is 25.2. The summed E-state index contributed by atoms with van der Waals surface area (Å²) in [5.74, 6) is 0.661. The number of hydrogen-bond acceptors (Lipinski definition) is 7. The third kappa shape index (κ3) is 3.56. The third-order valence-corrected chi connectivity index (χ3v) is 4.38. The molecule has 2 aliphatic heterocycles. The molecule has 1 aromatic rings. The Kier molecular flexibility index (Phi) is 5.91. The number of carboxylic acids is 1. The topological polar surface area (TPSA) is 125 Å². The minimum Gasteiger partial charge on any atom is -0.483 e. The first-order chi connectivity index (χ1) is 11.6. The number of ether oxygens (including phenoxy) is 1. The number of anilines is 2. The molecular weight excluding hydrogens is 316 g/mol. The van der Waals surface area contributed by atoms with Crippen molar-refractivity contribution < 1.29 is 24.5 Å². The number of fused-ring (bicyclic) bond motifs is 1. The van der Waals surface area contributed by atoms with Gasteiger partial charge < -0.3 is 25.2 Å². The average molecular weight is 338 g/mol. The zero-order valence-electron chi connectivity index (χ0n) is 13.5. The molecule has 3 rings (SSSR count). The van der Waals surface area contributed by atoms with Crippen LogP contribution in [-0.2, 0) is 14.3 Å². The van der Waals surface area contributed by atoms with Gasteiger partial charge in [0.15, 0.2) is 0 Å².